The standard InChI is InChI=1S/C20H19N5O4S/c1-14-2-7-19(29-14)17-12-18(23-22-17)20(26)24-8-10-25(11-9-24)30(27,28)16-5-3-15(13-21)4-6-16/h2-7,12H,8-11H2,1H3,(H,22,23). The van der Waals surface area contributed by atoms with Crippen LogP contribution in [0, 0.1) is 18.3 Å². The summed E-state index contributed by atoms with van der Waals surface area (Å²) in [5.74, 6) is 1.08. The van der Waals surface area contributed by atoms with E-state index < -0.39 is 10.0 Å². The number of benzene rings is 1. The number of hydrogen-bond donors (Lipinski definition) is 1. The molecular weight excluding hydrogens is 406 g/mol. The number of nitrogens with zero attached hydrogens (tertiary/aromatic N) is 4. The topological polar surface area (TPSA) is 123 Å². The molecule has 0 unspecified atom stereocenters. The Kier molecular flexibility index (Phi) is 5.15. The van der Waals surface area contributed by atoms with Gasteiger partial charge >= 0.3 is 0 Å². The molecular formula is C20H19N5O4S. The number of aromatic nitrogens is 2. The predicted molar refractivity (Wildman–Crippen MR) is 107 cm³/mol. The third kappa shape index (κ3) is 3.72. The van der Waals surface area contributed by atoms with Crippen molar-refractivity contribution in [1.82, 2.24) is 19.4 Å². The van der Waals surface area contributed by atoms with Gasteiger partial charge in [0, 0.05) is 32.2 Å². The lowest BCUT2D eigenvalue weighted by molar-refractivity contribution is 0.0692. The van der Waals surface area contributed by atoms with Gasteiger partial charge in [0.15, 0.2) is 11.5 Å². The summed E-state index contributed by atoms with van der Waals surface area (Å²) in [4.78, 5) is 14.5. The Labute approximate surface area is 173 Å². The molecule has 3 heterocycles. The molecule has 30 heavy (non-hydrogen) atoms. The maximum Gasteiger partial charge on any atom is 0.274 e. The lowest BCUT2D eigenvalue weighted by Gasteiger charge is -2.33. The molecule has 1 aliphatic heterocycles. The maximum atomic E-state index is 12.8. The molecule has 10 heteroatoms. The van der Waals surface area contributed by atoms with Crippen molar-refractivity contribution in [2.24, 2.45) is 0 Å². The molecule has 0 saturated carbocycles. The molecule has 154 valence electrons. The highest BCUT2D eigenvalue weighted by Crippen LogP contribution is 2.22. The van der Waals surface area contributed by atoms with Crippen LogP contribution in [0.15, 0.2) is 51.8 Å². The van der Waals surface area contributed by atoms with Gasteiger partial charge in [-0.2, -0.15) is 14.7 Å². The molecule has 0 atom stereocenters. The maximum absolute atomic E-state index is 12.8. The van der Waals surface area contributed by atoms with E-state index in [1.54, 1.807) is 17.0 Å². The highest BCUT2D eigenvalue weighted by molar-refractivity contribution is 7.89. The van der Waals surface area contributed by atoms with Gasteiger partial charge in [0.1, 0.15) is 11.5 Å². The molecule has 3 aromatic rings. The van der Waals surface area contributed by atoms with Crippen molar-refractivity contribution in [3.05, 3.63) is 59.5 Å². The number of nitrogens with one attached hydrogen (secondary N) is 1. The third-order valence-corrected chi connectivity index (χ3v) is 6.86. The van der Waals surface area contributed by atoms with Crippen molar-refractivity contribution in [1.29, 1.82) is 5.26 Å². The highest BCUT2D eigenvalue weighted by atomic mass is 32.2. The molecule has 1 amide bonds. The summed E-state index contributed by atoms with van der Waals surface area (Å²) in [6.07, 6.45) is 0. The number of carbonyl (C=O) groups excluding carboxylic acids is 1. The SMILES string of the molecule is Cc1ccc(-c2cc(C(=O)N3CCN(S(=O)(=O)c4ccc(C#N)cc4)CC3)n[nH]2)o1. The fourth-order valence-corrected chi connectivity index (χ4v) is 4.70. The van der Waals surface area contributed by atoms with Gasteiger partial charge in [-0.25, -0.2) is 8.42 Å². The van der Waals surface area contributed by atoms with E-state index >= 15 is 0 Å². The van der Waals surface area contributed by atoms with Crippen LogP contribution < -0.4 is 0 Å². The minimum Gasteiger partial charge on any atom is -0.460 e. The van der Waals surface area contributed by atoms with E-state index in [1.165, 1.54) is 28.6 Å². The van der Waals surface area contributed by atoms with Gasteiger partial charge in [-0.05, 0) is 43.3 Å². The minimum atomic E-state index is -3.68. The number of rotatable bonds is 4. The quantitative estimate of drug-likeness (QED) is 0.682. The van der Waals surface area contributed by atoms with Crippen LogP contribution in [0.1, 0.15) is 21.8 Å². The Hall–Kier alpha value is -3.42. The van der Waals surface area contributed by atoms with Crippen LogP contribution in [-0.2, 0) is 10.0 Å². The Balaban J connectivity index is 1.42. The molecule has 9 nitrogen and oxygen atoms in total. The fourth-order valence-electron chi connectivity index (χ4n) is 3.28. The molecule has 0 aliphatic carbocycles. The summed E-state index contributed by atoms with van der Waals surface area (Å²) in [5.41, 5.74) is 1.25. The lowest BCUT2D eigenvalue weighted by atomic mass is 10.2. The van der Waals surface area contributed by atoms with Crippen molar-refractivity contribution < 1.29 is 17.6 Å². The largest absolute Gasteiger partial charge is 0.460 e. The van der Waals surface area contributed by atoms with E-state index in [4.69, 9.17) is 9.68 Å². The van der Waals surface area contributed by atoms with Gasteiger partial charge in [-0.15, -0.1) is 0 Å². The lowest BCUT2D eigenvalue weighted by Crippen LogP contribution is -2.50. The number of sulfonamides is 1. The zero-order valence-electron chi connectivity index (χ0n) is 16.2. The van der Waals surface area contributed by atoms with Gasteiger partial charge in [0.25, 0.3) is 5.91 Å². The number of amides is 1. The zero-order chi connectivity index (χ0) is 21.3. The van der Waals surface area contributed by atoms with Crippen LogP contribution in [0.2, 0.25) is 0 Å². The number of hydrogen-bond acceptors (Lipinski definition) is 6. The van der Waals surface area contributed by atoms with Crippen LogP contribution in [0.25, 0.3) is 11.5 Å². The number of carbonyl (C=O) groups is 1. The minimum absolute atomic E-state index is 0.131. The molecule has 1 aromatic carbocycles. The normalized spacial score (nSPS) is 15.1. The predicted octanol–water partition coefficient (Wildman–Crippen LogP) is 2.00. The second-order valence-corrected chi connectivity index (χ2v) is 8.85. The van der Waals surface area contributed by atoms with Crippen molar-refractivity contribution in [3.63, 3.8) is 0 Å². The van der Waals surface area contributed by atoms with E-state index in [9.17, 15) is 13.2 Å². The second-order valence-electron chi connectivity index (χ2n) is 6.91. The van der Waals surface area contributed by atoms with Crippen LogP contribution in [-0.4, -0.2) is 59.9 Å². The molecule has 1 saturated heterocycles. The summed E-state index contributed by atoms with van der Waals surface area (Å²) in [6, 6.07) is 13.0. The van der Waals surface area contributed by atoms with E-state index in [-0.39, 0.29) is 42.7 Å². The van der Waals surface area contributed by atoms with Gasteiger partial charge in [-0.3, -0.25) is 9.89 Å². The molecule has 0 bridgehead atoms. The monoisotopic (exact) mass is 425 g/mol. The molecule has 0 spiro atoms. The Morgan fingerprint density at radius 2 is 1.83 bits per heavy atom. The van der Waals surface area contributed by atoms with E-state index in [0.717, 1.165) is 5.76 Å². The average molecular weight is 425 g/mol. The first-order valence-electron chi connectivity index (χ1n) is 9.30. The molecule has 1 aliphatic rings. The van der Waals surface area contributed by atoms with Crippen molar-refractivity contribution in [3.8, 4) is 17.5 Å². The van der Waals surface area contributed by atoms with E-state index in [2.05, 4.69) is 10.2 Å². The second kappa shape index (κ2) is 7.78. The molecule has 0 radical (unpaired) electrons. The van der Waals surface area contributed by atoms with Crippen LogP contribution >= 0.6 is 0 Å². The third-order valence-electron chi connectivity index (χ3n) is 4.95. The first-order valence-corrected chi connectivity index (χ1v) is 10.7. The molecule has 1 N–H and O–H groups in total. The van der Waals surface area contributed by atoms with Gasteiger partial charge < -0.3 is 9.32 Å². The summed E-state index contributed by atoms with van der Waals surface area (Å²) < 4.78 is 32.5. The first kappa shape index (κ1) is 19.9. The van der Waals surface area contributed by atoms with Crippen molar-refractivity contribution >= 4 is 15.9 Å². The number of aryl methyl sites for hydroxylation is 1. The van der Waals surface area contributed by atoms with Crippen LogP contribution in [0.3, 0.4) is 0 Å². The molecule has 4 rings (SSSR count). The van der Waals surface area contributed by atoms with Gasteiger partial charge in [0.05, 0.1) is 16.5 Å². The summed E-state index contributed by atoms with van der Waals surface area (Å²) in [5, 5.41) is 15.7. The number of nitriles is 1. The number of aromatic amines is 1. The van der Waals surface area contributed by atoms with Crippen molar-refractivity contribution in [2.75, 3.05) is 26.2 Å². The van der Waals surface area contributed by atoms with Gasteiger partial charge in [-0.1, -0.05) is 0 Å². The van der Waals surface area contributed by atoms with Crippen LogP contribution in [0.5, 0.6) is 0 Å². The number of H-pyrrole nitrogens is 1. The number of piperazine rings is 1. The van der Waals surface area contributed by atoms with E-state index in [1.807, 2.05) is 19.1 Å². The van der Waals surface area contributed by atoms with Gasteiger partial charge in [0.2, 0.25) is 10.0 Å². The van der Waals surface area contributed by atoms with Crippen LogP contribution in [0.4, 0.5) is 0 Å². The molecule has 2 aromatic heterocycles. The highest BCUT2D eigenvalue weighted by Gasteiger charge is 2.31. The summed E-state index contributed by atoms with van der Waals surface area (Å²) in [7, 11) is -3.68. The Morgan fingerprint density at radius 1 is 1.13 bits per heavy atom. The first-order chi connectivity index (χ1) is 14.4. The number of furan rings is 1. The average Bonchev–Trinajstić information content (AvgIpc) is 3.42. The smallest absolute Gasteiger partial charge is 0.274 e. The van der Waals surface area contributed by atoms with E-state index in [0.29, 0.717) is 17.0 Å². The Morgan fingerprint density at radius 3 is 2.43 bits per heavy atom. The molecule has 1 fully saturated rings. The Bertz CT molecular complexity index is 1210. The fraction of sp³-hybridized carbons (Fsp3) is 0.250. The van der Waals surface area contributed by atoms with Crippen molar-refractivity contribution in [2.45, 2.75) is 11.8 Å². The summed E-state index contributed by atoms with van der Waals surface area (Å²) >= 11 is 0. The zero-order valence-corrected chi connectivity index (χ0v) is 17.0. The summed E-state index contributed by atoms with van der Waals surface area (Å²) in [6.45, 7) is 2.72.